The quantitative estimate of drug-likeness (QED) is 0.297. The van der Waals surface area contributed by atoms with Crippen molar-refractivity contribution in [2.75, 3.05) is 6.61 Å². The third-order valence-corrected chi connectivity index (χ3v) is 6.37. The highest BCUT2D eigenvalue weighted by atomic mass is 31.2. The summed E-state index contributed by atoms with van der Waals surface area (Å²) in [6.45, 7) is 2.16. The molecule has 1 aromatic carbocycles. The van der Waals surface area contributed by atoms with Crippen molar-refractivity contribution in [2.24, 2.45) is 5.73 Å². The van der Waals surface area contributed by atoms with Crippen LogP contribution in [0.3, 0.4) is 0 Å². The molecule has 0 radical (unpaired) electrons. The molecule has 0 aromatic heterocycles. The van der Waals surface area contributed by atoms with Gasteiger partial charge in [0, 0.05) is 5.54 Å². The normalized spacial score (nSPS) is 22.6. The van der Waals surface area contributed by atoms with Crippen LogP contribution in [0, 0.1) is 0 Å². The molecular formula is C22H38NO4P. The first-order valence-corrected chi connectivity index (χ1v) is 12.4. The summed E-state index contributed by atoms with van der Waals surface area (Å²) in [6, 6.07) is 8.77. The number of aryl methyl sites for hydroxylation is 1. The smallest absolute Gasteiger partial charge is 0.323 e. The van der Waals surface area contributed by atoms with Crippen LogP contribution in [0.25, 0.3) is 0 Å². The summed E-state index contributed by atoms with van der Waals surface area (Å²) < 4.78 is 15.6. The van der Waals surface area contributed by atoms with Crippen LogP contribution >= 0.6 is 7.82 Å². The van der Waals surface area contributed by atoms with E-state index in [0.29, 0.717) is 12.3 Å². The second kappa shape index (κ2) is 11.5. The summed E-state index contributed by atoms with van der Waals surface area (Å²) in [7, 11) is -4.47. The minimum absolute atomic E-state index is 0.0915. The van der Waals surface area contributed by atoms with Gasteiger partial charge >= 0.3 is 7.82 Å². The lowest BCUT2D eigenvalue weighted by Gasteiger charge is -2.24. The van der Waals surface area contributed by atoms with Gasteiger partial charge in [0.1, 0.15) is 0 Å². The van der Waals surface area contributed by atoms with Crippen LogP contribution in [0.4, 0.5) is 0 Å². The molecule has 0 aliphatic heterocycles. The van der Waals surface area contributed by atoms with Gasteiger partial charge in [-0.1, -0.05) is 76.1 Å². The Morgan fingerprint density at radius 1 is 1.14 bits per heavy atom. The van der Waals surface area contributed by atoms with E-state index in [1.54, 1.807) is 0 Å². The van der Waals surface area contributed by atoms with Gasteiger partial charge in [-0.2, -0.15) is 0 Å². The molecule has 2 atom stereocenters. The highest BCUT2D eigenvalue weighted by Gasteiger charge is 2.38. The zero-order chi connectivity index (χ0) is 20.5. The summed E-state index contributed by atoms with van der Waals surface area (Å²) in [5, 5.41) is 0. The Bertz CT molecular complexity index is 633. The second-order valence-corrected chi connectivity index (χ2v) is 9.78. The lowest BCUT2D eigenvalue weighted by Crippen LogP contribution is -2.41. The SMILES string of the molecule is CCCCCCCCCCc1cccc([C@H]2CC[C@@](N)(COP(=O)(O)O)C2)c1. The van der Waals surface area contributed by atoms with Crippen molar-refractivity contribution in [2.45, 2.75) is 95.4 Å². The zero-order valence-corrected chi connectivity index (χ0v) is 18.2. The predicted molar refractivity (Wildman–Crippen MR) is 114 cm³/mol. The van der Waals surface area contributed by atoms with Gasteiger partial charge in [-0.05, 0) is 49.1 Å². The fourth-order valence-corrected chi connectivity index (χ4v) is 4.68. The minimum atomic E-state index is -4.47. The molecule has 1 saturated carbocycles. The Labute approximate surface area is 170 Å². The van der Waals surface area contributed by atoms with E-state index in [4.69, 9.17) is 15.5 Å². The van der Waals surface area contributed by atoms with E-state index in [9.17, 15) is 4.57 Å². The molecule has 0 unspecified atom stereocenters. The van der Waals surface area contributed by atoms with E-state index < -0.39 is 13.4 Å². The van der Waals surface area contributed by atoms with Gasteiger partial charge in [0.2, 0.25) is 0 Å². The molecule has 5 nitrogen and oxygen atoms in total. The molecule has 28 heavy (non-hydrogen) atoms. The highest BCUT2D eigenvalue weighted by molar-refractivity contribution is 7.46. The Morgan fingerprint density at radius 3 is 2.50 bits per heavy atom. The Kier molecular flexibility index (Phi) is 9.65. The van der Waals surface area contributed by atoms with E-state index in [0.717, 1.165) is 19.3 Å². The fourth-order valence-electron chi connectivity index (χ4n) is 4.25. The number of hydrogen-bond acceptors (Lipinski definition) is 3. The molecule has 0 heterocycles. The maximum atomic E-state index is 11.0. The van der Waals surface area contributed by atoms with Crippen LogP contribution in [0.1, 0.15) is 94.6 Å². The fraction of sp³-hybridized carbons (Fsp3) is 0.727. The van der Waals surface area contributed by atoms with Gasteiger partial charge in [-0.3, -0.25) is 4.52 Å². The maximum Gasteiger partial charge on any atom is 0.469 e. The van der Waals surface area contributed by atoms with Crippen molar-refractivity contribution < 1.29 is 18.9 Å². The Balaban J connectivity index is 1.74. The third-order valence-electron chi connectivity index (χ3n) is 5.91. The van der Waals surface area contributed by atoms with Gasteiger partial charge < -0.3 is 15.5 Å². The van der Waals surface area contributed by atoms with Crippen LogP contribution in [0.5, 0.6) is 0 Å². The topological polar surface area (TPSA) is 92.8 Å². The first-order valence-electron chi connectivity index (χ1n) is 10.9. The summed E-state index contributed by atoms with van der Waals surface area (Å²) >= 11 is 0. The molecule has 1 aromatic rings. The lowest BCUT2D eigenvalue weighted by atomic mass is 9.92. The standard InChI is InChI=1S/C22H38NO4P/c1-2-3-4-5-6-7-8-9-11-19-12-10-13-20(16-19)21-14-15-22(23,17-21)18-27-28(24,25)26/h10,12-13,16,21H,2-9,11,14-15,17-18,23H2,1H3,(H2,24,25,26)/t21-,22-/m0/s1. The Morgan fingerprint density at radius 2 is 1.82 bits per heavy atom. The van der Waals surface area contributed by atoms with Crippen LogP contribution in [-0.2, 0) is 15.5 Å². The van der Waals surface area contributed by atoms with Crippen molar-refractivity contribution in [1.82, 2.24) is 0 Å². The van der Waals surface area contributed by atoms with Crippen molar-refractivity contribution >= 4 is 7.82 Å². The summed E-state index contributed by atoms with van der Waals surface area (Å²) in [5.74, 6) is 0.337. The molecular weight excluding hydrogens is 373 g/mol. The summed E-state index contributed by atoms with van der Waals surface area (Å²) in [5.41, 5.74) is 8.34. The van der Waals surface area contributed by atoms with E-state index in [-0.39, 0.29) is 6.61 Å². The minimum Gasteiger partial charge on any atom is -0.323 e. The van der Waals surface area contributed by atoms with E-state index in [1.807, 2.05) is 0 Å². The molecule has 0 spiro atoms. The average Bonchev–Trinajstić information content (AvgIpc) is 3.05. The maximum absolute atomic E-state index is 11.0. The van der Waals surface area contributed by atoms with Crippen molar-refractivity contribution in [3.8, 4) is 0 Å². The summed E-state index contributed by atoms with van der Waals surface area (Å²) in [6.07, 6.45) is 14.1. The second-order valence-electron chi connectivity index (χ2n) is 8.54. The van der Waals surface area contributed by atoms with Gasteiger partial charge in [-0.25, -0.2) is 4.57 Å². The first kappa shape index (κ1) is 23.6. The van der Waals surface area contributed by atoms with Crippen molar-refractivity contribution in [3.05, 3.63) is 35.4 Å². The predicted octanol–water partition coefficient (Wildman–Crippen LogP) is 5.44. The first-order chi connectivity index (χ1) is 13.3. The molecule has 0 saturated heterocycles. The van der Waals surface area contributed by atoms with Crippen LogP contribution in [-0.4, -0.2) is 21.9 Å². The zero-order valence-electron chi connectivity index (χ0n) is 17.3. The molecule has 2 rings (SSSR count). The van der Waals surface area contributed by atoms with Gasteiger partial charge in [-0.15, -0.1) is 0 Å². The highest BCUT2D eigenvalue weighted by Crippen LogP contribution is 2.43. The molecule has 4 N–H and O–H groups in total. The lowest BCUT2D eigenvalue weighted by molar-refractivity contribution is 0.153. The summed E-state index contributed by atoms with van der Waals surface area (Å²) in [4.78, 5) is 17.8. The van der Waals surface area contributed by atoms with E-state index >= 15 is 0 Å². The number of rotatable bonds is 13. The van der Waals surface area contributed by atoms with E-state index in [2.05, 4.69) is 35.7 Å². The molecule has 0 bridgehead atoms. The molecule has 0 amide bonds. The van der Waals surface area contributed by atoms with Crippen LogP contribution < -0.4 is 5.73 Å². The number of benzene rings is 1. The van der Waals surface area contributed by atoms with Gasteiger partial charge in [0.05, 0.1) is 6.61 Å². The molecule has 1 aliphatic carbocycles. The molecule has 6 heteroatoms. The van der Waals surface area contributed by atoms with Gasteiger partial charge in [0.15, 0.2) is 0 Å². The number of nitrogens with two attached hydrogens (primary N) is 1. The number of hydrogen-bond donors (Lipinski definition) is 3. The number of unbranched alkanes of at least 4 members (excludes halogenated alkanes) is 7. The number of phosphoric acid groups is 1. The Hall–Kier alpha value is -0.710. The average molecular weight is 412 g/mol. The van der Waals surface area contributed by atoms with Crippen LogP contribution in [0.15, 0.2) is 24.3 Å². The third kappa shape index (κ3) is 8.75. The number of phosphoric ester groups is 1. The van der Waals surface area contributed by atoms with Crippen LogP contribution in [0.2, 0.25) is 0 Å². The molecule has 1 fully saturated rings. The van der Waals surface area contributed by atoms with E-state index in [1.165, 1.54) is 62.5 Å². The molecule has 1 aliphatic rings. The monoisotopic (exact) mass is 411 g/mol. The van der Waals surface area contributed by atoms with Crippen molar-refractivity contribution in [1.29, 1.82) is 0 Å². The van der Waals surface area contributed by atoms with Gasteiger partial charge in [0.25, 0.3) is 0 Å². The largest absolute Gasteiger partial charge is 0.469 e. The van der Waals surface area contributed by atoms with Crippen molar-refractivity contribution in [3.63, 3.8) is 0 Å². The molecule has 160 valence electrons.